The molecule has 3 aromatic heterocycles. The predicted octanol–water partition coefficient (Wildman–Crippen LogP) is 4.10. The van der Waals surface area contributed by atoms with E-state index >= 15 is 0 Å². The summed E-state index contributed by atoms with van der Waals surface area (Å²) in [6.45, 7) is 4.68. The fraction of sp³-hybridized carbons (Fsp3) is 0.462. The Bertz CT molecular complexity index is 1250. The van der Waals surface area contributed by atoms with E-state index in [1.807, 2.05) is 18.2 Å². The molecule has 1 atom stereocenters. The predicted molar refractivity (Wildman–Crippen MR) is 132 cm³/mol. The molecule has 3 heterocycles. The standard InChI is InChI=1S/C26H31FN6O2/c1-16-4-6-18(7-5-16)32-21-11-22(23-9-8-19-10-17(12-28)13-31-33(19)23)29-14-20(21)25(34)30-15-24(27)26(2,3)35/h8-11,13-14,16,18,24,35H,4-7,15H2,1-3H3,(H,29,32)(H,30,34)/t16-,18-,24-/m1/s1. The summed E-state index contributed by atoms with van der Waals surface area (Å²) in [6.07, 6.45) is 5.60. The maximum atomic E-state index is 14.2. The quantitative estimate of drug-likeness (QED) is 0.471. The monoisotopic (exact) mass is 478 g/mol. The summed E-state index contributed by atoms with van der Waals surface area (Å²) in [5.41, 5.74) is 1.95. The van der Waals surface area contributed by atoms with Crippen LogP contribution in [0.1, 0.15) is 62.4 Å². The molecule has 184 valence electrons. The van der Waals surface area contributed by atoms with E-state index in [0.29, 0.717) is 28.4 Å². The first-order chi connectivity index (χ1) is 16.7. The molecule has 1 aliphatic rings. The number of carbonyl (C=O) groups is 1. The van der Waals surface area contributed by atoms with Crippen molar-refractivity contribution in [2.45, 2.75) is 64.3 Å². The number of aromatic nitrogens is 3. The molecular weight excluding hydrogens is 447 g/mol. The Morgan fingerprint density at radius 1 is 1.29 bits per heavy atom. The number of carbonyl (C=O) groups excluding carboxylic acids is 1. The van der Waals surface area contributed by atoms with Crippen LogP contribution in [-0.4, -0.2) is 50.0 Å². The lowest BCUT2D eigenvalue weighted by Gasteiger charge is -2.28. The Kier molecular flexibility index (Phi) is 7.03. The average Bonchev–Trinajstić information content (AvgIpc) is 3.26. The highest BCUT2D eigenvalue weighted by atomic mass is 19.1. The third kappa shape index (κ3) is 5.60. The minimum absolute atomic E-state index is 0.221. The molecule has 3 aromatic rings. The van der Waals surface area contributed by atoms with Gasteiger partial charge < -0.3 is 15.7 Å². The molecule has 0 bridgehead atoms. The van der Waals surface area contributed by atoms with Gasteiger partial charge >= 0.3 is 0 Å². The topological polar surface area (TPSA) is 115 Å². The van der Waals surface area contributed by atoms with Crippen molar-refractivity contribution in [3.63, 3.8) is 0 Å². The zero-order valence-corrected chi connectivity index (χ0v) is 20.3. The van der Waals surface area contributed by atoms with Crippen LogP contribution in [-0.2, 0) is 0 Å². The maximum absolute atomic E-state index is 14.2. The molecule has 1 aliphatic carbocycles. The van der Waals surface area contributed by atoms with Crippen LogP contribution in [0, 0.1) is 17.2 Å². The Hall–Kier alpha value is -3.51. The summed E-state index contributed by atoms with van der Waals surface area (Å²) in [5.74, 6) is 0.225. The van der Waals surface area contributed by atoms with E-state index in [9.17, 15) is 14.3 Å². The lowest BCUT2D eigenvalue weighted by Crippen LogP contribution is -2.42. The smallest absolute Gasteiger partial charge is 0.255 e. The number of halogens is 1. The Balaban J connectivity index is 1.65. The molecular formula is C26H31FN6O2. The summed E-state index contributed by atoms with van der Waals surface area (Å²) < 4.78 is 15.9. The normalized spacial score (nSPS) is 19.2. The van der Waals surface area contributed by atoms with E-state index in [-0.39, 0.29) is 12.6 Å². The molecule has 0 unspecified atom stereocenters. The second-order valence-corrected chi connectivity index (χ2v) is 9.96. The average molecular weight is 479 g/mol. The number of amides is 1. The molecule has 1 fully saturated rings. The van der Waals surface area contributed by atoms with Crippen LogP contribution < -0.4 is 10.6 Å². The van der Waals surface area contributed by atoms with Gasteiger partial charge in [-0.05, 0) is 69.7 Å². The number of anilines is 1. The molecule has 9 heteroatoms. The van der Waals surface area contributed by atoms with Crippen LogP contribution in [0.4, 0.5) is 10.1 Å². The van der Waals surface area contributed by atoms with Gasteiger partial charge in [-0.3, -0.25) is 9.78 Å². The van der Waals surface area contributed by atoms with Gasteiger partial charge in [-0.15, -0.1) is 0 Å². The second kappa shape index (κ2) is 10.0. The van der Waals surface area contributed by atoms with E-state index < -0.39 is 17.7 Å². The number of hydrogen-bond acceptors (Lipinski definition) is 6. The van der Waals surface area contributed by atoms with Crippen molar-refractivity contribution in [1.82, 2.24) is 19.9 Å². The number of pyridine rings is 1. The van der Waals surface area contributed by atoms with Crippen molar-refractivity contribution in [3.05, 3.63) is 47.8 Å². The Morgan fingerprint density at radius 3 is 2.71 bits per heavy atom. The molecule has 0 spiro atoms. The lowest BCUT2D eigenvalue weighted by atomic mass is 9.87. The van der Waals surface area contributed by atoms with Gasteiger partial charge in [0.2, 0.25) is 0 Å². The van der Waals surface area contributed by atoms with Crippen LogP contribution in [0.2, 0.25) is 0 Å². The molecule has 0 saturated heterocycles. The number of nitrogens with zero attached hydrogens (tertiary/aromatic N) is 4. The first kappa shape index (κ1) is 24.6. The number of nitrogens with one attached hydrogen (secondary N) is 2. The third-order valence-electron chi connectivity index (χ3n) is 6.62. The molecule has 0 radical (unpaired) electrons. The van der Waals surface area contributed by atoms with Gasteiger partial charge in [0, 0.05) is 12.2 Å². The minimum Gasteiger partial charge on any atom is -0.387 e. The molecule has 8 nitrogen and oxygen atoms in total. The molecule has 4 rings (SSSR count). The molecule has 35 heavy (non-hydrogen) atoms. The number of alkyl halides is 1. The molecule has 0 aromatic carbocycles. The van der Waals surface area contributed by atoms with Crippen LogP contribution in [0.25, 0.3) is 16.9 Å². The van der Waals surface area contributed by atoms with E-state index in [0.717, 1.165) is 36.9 Å². The van der Waals surface area contributed by atoms with Gasteiger partial charge in [0.1, 0.15) is 12.2 Å². The maximum Gasteiger partial charge on any atom is 0.255 e. The van der Waals surface area contributed by atoms with Gasteiger partial charge in [-0.25, -0.2) is 8.91 Å². The van der Waals surface area contributed by atoms with Crippen molar-refractivity contribution in [2.75, 3.05) is 11.9 Å². The SMILES string of the molecule is CC(C)(O)[C@H](F)CNC(=O)c1cnc(-c2ccc3cc(C#N)cnn23)cc1N[C@H]1CC[C@H](C)CC1. The van der Waals surface area contributed by atoms with Crippen LogP contribution in [0.3, 0.4) is 0 Å². The second-order valence-electron chi connectivity index (χ2n) is 9.96. The summed E-state index contributed by atoms with van der Waals surface area (Å²) in [6, 6.07) is 9.60. The van der Waals surface area contributed by atoms with E-state index in [2.05, 4.69) is 33.7 Å². The zero-order valence-electron chi connectivity index (χ0n) is 20.3. The van der Waals surface area contributed by atoms with Gasteiger partial charge in [0.15, 0.2) is 0 Å². The van der Waals surface area contributed by atoms with Gasteiger partial charge in [-0.1, -0.05) is 6.92 Å². The number of rotatable bonds is 7. The fourth-order valence-corrected chi connectivity index (χ4v) is 4.30. The highest BCUT2D eigenvalue weighted by molar-refractivity contribution is 6.00. The van der Waals surface area contributed by atoms with Gasteiger partial charge in [0.05, 0.1) is 52.1 Å². The molecule has 1 amide bonds. The summed E-state index contributed by atoms with van der Waals surface area (Å²) in [4.78, 5) is 17.5. The van der Waals surface area contributed by atoms with E-state index in [4.69, 9.17) is 5.26 Å². The minimum atomic E-state index is -1.61. The lowest BCUT2D eigenvalue weighted by molar-refractivity contribution is -0.00177. The molecule has 3 N–H and O–H groups in total. The van der Waals surface area contributed by atoms with Crippen LogP contribution >= 0.6 is 0 Å². The number of hydrogen-bond donors (Lipinski definition) is 3. The molecule has 1 saturated carbocycles. The zero-order chi connectivity index (χ0) is 25.2. The van der Waals surface area contributed by atoms with E-state index in [1.165, 1.54) is 26.2 Å². The van der Waals surface area contributed by atoms with Crippen molar-refractivity contribution in [1.29, 1.82) is 5.26 Å². The first-order valence-corrected chi connectivity index (χ1v) is 11.9. The van der Waals surface area contributed by atoms with Crippen molar-refractivity contribution in [2.24, 2.45) is 5.92 Å². The van der Waals surface area contributed by atoms with Gasteiger partial charge in [-0.2, -0.15) is 10.4 Å². The fourth-order valence-electron chi connectivity index (χ4n) is 4.30. The van der Waals surface area contributed by atoms with Crippen molar-refractivity contribution < 1.29 is 14.3 Å². The Morgan fingerprint density at radius 2 is 2.03 bits per heavy atom. The largest absolute Gasteiger partial charge is 0.387 e. The third-order valence-corrected chi connectivity index (χ3v) is 6.62. The Labute approximate surface area is 204 Å². The number of aliphatic hydroxyl groups is 1. The van der Waals surface area contributed by atoms with Crippen LogP contribution in [0.15, 0.2) is 36.7 Å². The van der Waals surface area contributed by atoms with Crippen molar-refractivity contribution in [3.8, 4) is 17.5 Å². The molecule has 0 aliphatic heterocycles. The summed E-state index contributed by atoms with van der Waals surface area (Å²) in [5, 5.41) is 29.5. The van der Waals surface area contributed by atoms with Crippen LogP contribution in [0.5, 0.6) is 0 Å². The number of nitriles is 1. The number of fused-ring (bicyclic) bond motifs is 1. The first-order valence-electron chi connectivity index (χ1n) is 11.9. The highest BCUT2D eigenvalue weighted by Gasteiger charge is 2.28. The summed E-state index contributed by atoms with van der Waals surface area (Å²) >= 11 is 0. The van der Waals surface area contributed by atoms with E-state index in [1.54, 1.807) is 10.6 Å². The summed E-state index contributed by atoms with van der Waals surface area (Å²) in [7, 11) is 0. The van der Waals surface area contributed by atoms with Gasteiger partial charge in [0.25, 0.3) is 5.91 Å². The highest BCUT2D eigenvalue weighted by Crippen LogP contribution is 2.30. The van der Waals surface area contributed by atoms with Crippen molar-refractivity contribution >= 4 is 17.1 Å².